The molecule has 0 aromatic heterocycles. The number of hydrogen-bond donors (Lipinski definition) is 0. The molecule has 0 aromatic rings. The van der Waals surface area contributed by atoms with Gasteiger partial charge in [-0.3, -0.25) is 9.36 Å². The quantitative estimate of drug-likeness (QED) is 0.267. The van der Waals surface area contributed by atoms with Crippen molar-refractivity contribution in [2.75, 3.05) is 26.0 Å². The minimum Gasteiger partial charge on any atom is -0.466 e. The Bertz CT molecular complexity index is 292. The van der Waals surface area contributed by atoms with Crippen molar-refractivity contribution in [1.82, 2.24) is 0 Å². The molecule has 0 aromatic carbocycles. The van der Waals surface area contributed by atoms with Crippen LogP contribution in [0.15, 0.2) is 0 Å². The minimum atomic E-state index is -3.17. The van der Waals surface area contributed by atoms with Crippen molar-refractivity contribution >= 4 is 13.6 Å². The second-order valence-corrected chi connectivity index (χ2v) is 7.22. The molecule has 0 unspecified atom stereocenters. The van der Waals surface area contributed by atoms with Gasteiger partial charge in [-0.2, -0.15) is 0 Å². The molecule has 0 amide bonds. The molecule has 0 rings (SSSR count). The van der Waals surface area contributed by atoms with E-state index in [0.717, 1.165) is 38.5 Å². The van der Waals surface area contributed by atoms with Gasteiger partial charge in [0.2, 0.25) is 0 Å². The molecule has 0 N–H and O–H groups in total. The zero-order valence-corrected chi connectivity index (χ0v) is 14.7. The van der Waals surface area contributed by atoms with Gasteiger partial charge in [0.1, 0.15) is 0 Å². The largest absolute Gasteiger partial charge is 0.466 e. The molecule has 0 aliphatic rings. The molecule has 0 saturated heterocycles. The standard InChI is InChI=1S/C15H31O5P/c1-4-7-11-18-15(16)10-14-21(17,19-12-8-5-2)20-13-9-6-3/h4-14H2,1-3H3. The van der Waals surface area contributed by atoms with Crippen LogP contribution in [-0.4, -0.2) is 32.0 Å². The molecule has 0 atom stereocenters. The van der Waals surface area contributed by atoms with E-state index >= 15 is 0 Å². The second-order valence-electron chi connectivity index (χ2n) is 5.03. The summed E-state index contributed by atoms with van der Waals surface area (Å²) in [6.07, 6.45) is 5.62. The summed E-state index contributed by atoms with van der Waals surface area (Å²) < 4.78 is 28.4. The summed E-state index contributed by atoms with van der Waals surface area (Å²) in [4.78, 5) is 11.6. The van der Waals surface area contributed by atoms with Gasteiger partial charge in [-0.25, -0.2) is 0 Å². The average molecular weight is 322 g/mol. The van der Waals surface area contributed by atoms with E-state index in [-0.39, 0.29) is 18.6 Å². The van der Waals surface area contributed by atoms with E-state index in [4.69, 9.17) is 13.8 Å². The van der Waals surface area contributed by atoms with Crippen molar-refractivity contribution < 1.29 is 23.1 Å². The van der Waals surface area contributed by atoms with Crippen LogP contribution in [0.5, 0.6) is 0 Å². The third-order valence-corrected chi connectivity index (χ3v) is 4.85. The van der Waals surface area contributed by atoms with Crippen molar-refractivity contribution in [3.63, 3.8) is 0 Å². The predicted molar refractivity (Wildman–Crippen MR) is 84.7 cm³/mol. The molecular weight excluding hydrogens is 291 g/mol. The summed E-state index contributed by atoms with van der Waals surface area (Å²) in [5, 5.41) is 0. The van der Waals surface area contributed by atoms with Gasteiger partial charge >= 0.3 is 13.6 Å². The van der Waals surface area contributed by atoms with Crippen LogP contribution in [0.2, 0.25) is 0 Å². The smallest absolute Gasteiger partial charge is 0.331 e. The first-order chi connectivity index (χ1) is 10.1. The van der Waals surface area contributed by atoms with Gasteiger partial charge in [-0.15, -0.1) is 0 Å². The van der Waals surface area contributed by atoms with Crippen LogP contribution in [0, 0.1) is 0 Å². The third-order valence-electron chi connectivity index (χ3n) is 2.92. The van der Waals surface area contributed by atoms with E-state index in [0.29, 0.717) is 19.8 Å². The highest BCUT2D eigenvalue weighted by molar-refractivity contribution is 7.53. The van der Waals surface area contributed by atoms with E-state index in [1.54, 1.807) is 0 Å². The monoisotopic (exact) mass is 322 g/mol. The summed E-state index contributed by atoms with van der Waals surface area (Å²) >= 11 is 0. The molecule has 0 fully saturated rings. The lowest BCUT2D eigenvalue weighted by Gasteiger charge is -2.18. The maximum Gasteiger partial charge on any atom is 0.331 e. The van der Waals surface area contributed by atoms with Gasteiger partial charge in [-0.05, 0) is 19.3 Å². The molecule has 0 aliphatic heterocycles. The average Bonchev–Trinajstić information content (AvgIpc) is 2.46. The molecule has 21 heavy (non-hydrogen) atoms. The summed E-state index contributed by atoms with van der Waals surface area (Å²) in [5.41, 5.74) is 0. The lowest BCUT2D eigenvalue weighted by molar-refractivity contribution is -0.143. The fourth-order valence-electron chi connectivity index (χ4n) is 1.49. The van der Waals surface area contributed by atoms with Crippen LogP contribution >= 0.6 is 7.60 Å². The van der Waals surface area contributed by atoms with Crippen LogP contribution < -0.4 is 0 Å². The Morgan fingerprint density at radius 2 is 1.33 bits per heavy atom. The Hall–Kier alpha value is -0.380. The van der Waals surface area contributed by atoms with Crippen molar-refractivity contribution in [2.45, 2.75) is 65.7 Å². The van der Waals surface area contributed by atoms with Crippen LogP contribution in [0.4, 0.5) is 0 Å². The highest BCUT2D eigenvalue weighted by Gasteiger charge is 2.25. The lowest BCUT2D eigenvalue weighted by atomic mass is 10.4. The maximum absolute atomic E-state index is 12.5. The number of unbranched alkanes of at least 4 members (excludes halogenated alkanes) is 3. The normalized spacial score (nSPS) is 11.6. The zero-order chi connectivity index (χ0) is 16.0. The number of rotatable bonds is 14. The van der Waals surface area contributed by atoms with E-state index in [9.17, 15) is 9.36 Å². The summed E-state index contributed by atoms with van der Waals surface area (Å²) in [7, 11) is -3.17. The first kappa shape index (κ1) is 20.6. The van der Waals surface area contributed by atoms with Gasteiger partial charge in [0.15, 0.2) is 0 Å². The summed E-state index contributed by atoms with van der Waals surface area (Å²) in [6.45, 7) is 7.35. The molecule has 5 nitrogen and oxygen atoms in total. The highest BCUT2D eigenvalue weighted by atomic mass is 31.2. The predicted octanol–water partition coefficient (Wildman–Crippen LogP) is 4.55. The van der Waals surface area contributed by atoms with Gasteiger partial charge in [0.05, 0.1) is 32.4 Å². The fraction of sp³-hybridized carbons (Fsp3) is 0.933. The fourth-order valence-corrected chi connectivity index (χ4v) is 3.10. The molecule has 126 valence electrons. The van der Waals surface area contributed by atoms with E-state index in [1.807, 2.05) is 20.8 Å². The van der Waals surface area contributed by atoms with Gasteiger partial charge in [0, 0.05) is 0 Å². The third kappa shape index (κ3) is 11.9. The number of carbonyl (C=O) groups excluding carboxylic acids is 1. The Kier molecular flexibility index (Phi) is 13.1. The highest BCUT2D eigenvalue weighted by Crippen LogP contribution is 2.49. The van der Waals surface area contributed by atoms with Gasteiger partial charge in [-0.1, -0.05) is 40.0 Å². The number of esters is 1. The first-order valence-electron chi connectivity index (χ1n) is 8.11. The molecule has 0 spiro atoms. The van der Waals surface area contributed by atoms with Crippen LogP contribution in [0.1, 0.15) is 65.7 Å². The summed E-state index contributed by atoms with van der Waals surface area (Å²) in [5.74, 6) is -0.332. The summed E-state index contributed by atoms with van der Waals surface area (Å²) in [6, 6.07) is 0. The Balaban J connectivity index is 4.18. The number of carbonyl (C=O) groups is 1. The van der Waals surface area contributed by atoms with E-state index in [2.05, 4.69) is 0 Å². The molecule has 0 heterocycles. The van der Waals surface area contributed by atoms with E-state index in [1.165, 1.54) is 0 Å². The second kappa shape index (κ2) is 13.3. The van der Waals surface area contributed by atoms with Crippen molar-refractivity contribution in [2.24, 2.45) is 0 Å². The Morgan fingerprint density at radius 1 is 0.857 bits per heavy atom. The maximum atomic E-state index is 12.5. The van der Waals surface area contributed by atoms with Crippen LogP contribution in [0.3, 0.4) is 0 Å². The SMILES string of the molecule is CCCCOC(=O)CCP(=O)(OCCCC)OCCCC. The molecule has 0 aliphatic carbocycles. The number of hydrogen-bond acceptors (Lipinski definition) is 5. The molecule has 0 radical (unpaired) electrons. The molecule has 6 heteroatoms. The van der Waals surface area contributed by atoms with Gasteiger partial charge in [0.25, 0.3) is 0 Å². The van der Waals surface area contributed by atoms with Crippen LogP contribution in [-0.2, 0) is 23.1 Å². The zero-order valence-electron chi connectivity index (χ0n) is 13.8. The van der Waals surface area contributed by atoms with Crippen molar-refractivity contribution in [3.05, 3.63) is 0 Å². The minimum absolute atomic E-state index is 0.0826. The van der Waals surface area contributed by atoms with Crippen molar-refractivity contribution in [1.29, 1.82) is 0 Å². The van der Waals surface area contributed by atoms with E-state index < -0.39 is 7.60 Å². The van der Waals surface area contributed by atoms with Gasteiger partial charge < -0.3 is 13.8 Å². The molecular formula is C15H31O5P. The topological polar surface area (TPSA) is 61.8 Å². The van der Waals surface area contributed by atoms with Crippen LogP contribution in [0.25, 0.3) is 0 Å². The Labute approximate surface area is 129 Å². The molecule has 0 saturated carbocycles. The number of ether oxygens (including phenoxy) is 1. The Morgan fingerprint density at radius 3 is 1.81 bits per heavy atom. The van der Waals surface area contributed by atoms with Crippen molar-refractivity contribution in [3.8, 4) is 0 Å². The first-order valence-corrected chi connectivity index (χ1v) is 9.84. The molecule has 0 bridgehead atoms. The lowest BCUT2D eigenvalue weighted by Crippen LogP contribution is -2.10.